The fourth-order valence-corrected chi connectivity index (χ4v) is 2.59. The predicted molar refractivity (Wildman–Crippen MR) is 95.4 cm³/mol. The van der Waals surface area contributed by atoms with Crippen molar-refractivity contribution >= 4 is 23.2 Å². The minimum atomic E-state index is -0.0896. The zero-order valence-electron chi connectivity index (χ0n) is 14.3. The maximum Gasteiger partial charge on any atom is 0.238 e. The molecule has 7 heteroatoms. The molecule has 0 aliphatic heterocycles. The van der Waals surface area contributed by atoms with Crippen molar-refractivity contribution in [3.63, 3.8) is 0 Å². The Balaban J connectivity index is 2.01. The van der Waals surface area contributed by atoms with Gasteiger partial charge in [0, 0.05) is 7.05 Å². The molecule has 0 aliphatic carbocycles. The van der Waals surface area contributed by atoms with Crippen LogP contribution in [-0.2, 0) is 18.4 Å². The van der Waals surface area contributed by atoms with Crippen molar-refractivity contribution in [3.05, 3.63) is 41.4 Å². The lowest BCUT2D eigenvalue weighted by Gasteiger charge is -2.21. The number of nitrogens with zero attached hydrogens (tertiary/aromatic N) is 3. The van der Waals surface area contributed by atoms with Crippen LogP contribution < -0.4 is 10.1 Å². The molecule has 1 N–H and O–H groups in total. The molecule has 0 saturated heterocycles. The Bertz CT molecular complexity index is 687. The highest BCUT2D eigenvalue weighted by atomic mass is 35.5. The summed E-state index contributed by atoms with van der Waals surface area (Å²) in [6.45, 7) is 3.72. The number of imidazole rings is 1. The normalized spacial score (nSPS) is 10.9. The fourth-order valence-electron chi connectivity index (χ4n) is 2.44. The predicted octanol–water partition coefficient (Wildman–Crippen LogP) is 2.93. The van der Waals surface area contributed by atoms with Gasteiger partial charge in [-0.15, -0.1) is 0 Å². The molecule has 24 heavy (non-hydrogen) atoms. The third kappa shape index (κ3) is 4.72. The van der Waals surface area contributed by atoms with Crippen LogP contribution in [0, 0.1) is 0 Å². The highest BCUT2D eigenvalue weighted by molar-refractivity contribution is 6.29. The van der Waals surface area contributed by atoms with E-state index in [0.29, 0.717) is 23.1 Å². The Morgan fingerprint density at radius 2 is 2.17 bits per heavy atom. The van der Waals surface area contributed by atoms with Gasteiger partial charge in [0.25, 0.3) is 0 Å². The fraction of sp³-hybridized carbons (Fsp3) is 0.412. The van der Waals surface area contributed by atoms with E-state index in [9.17, 15) is 4.79 Å². The van der Waals surface area contributed by atoms with Crippen molar-refractivity contribution in [2.24, 2.45) is 7.05 Å². The Morgan fingerprint density at radius 3 is 2.79 bits per heavy atom. The molecular formula is C17H23ClN4O2. The number of halogens is 1. The lowest BCUT2D eigenvalue weighted by Crippen LogP contribution is -2.34. The van der Waals surface area contributed by atoms with Crippen LogP contribution in [0.25, 0.3) is 0 Å². The van der Waals surface area contributed by atoms with E-state index in [1.165, 1.54) is 0 Å². The van der Waals surface area contributed by atoms with Crippen LogP contribution in [0.3, 0.4) is 0 Å². The van der Waals surface area contributed by atoms with Crippen LogP contribution in [0.15, 0.2) is 30.5 Å². The smallest absolute Gasteiger partial charge is 0.238 e. The van der Waals surface area contributed by atoms with Crippen LogP contribution in [-0.4, -0.2) is 40.6 Å². The van der Waals surface area contributed by atoms with E-state index in [-0.39, 0.29) is 12.5 Å². The highest BCUT2D eigenvalue weighted by Crippen LogP contribution is 2.23. The lowest BCUT2D eigenvalue weighted by atomic mass is 10.3. The van der Waals surface area contributed by atoms with E-state index >= 15 is 0 Å². The van der Waals surface area contributed by atoms with Crippen molar-refractivity contribution in [1.29, 1.82) is 0 Å². The van der Waals surface area contributed by atoms with Crippen molar-refractivity contribution in [2.45, 2.75) is 19.9 Å². The zero-order chi connectivity index (χ0) is 17.5. The standard InChI is InChI=1S/C17H23ClN4O2/c1-4-9-22(11-16-19-10-15(18)21(16)2)12-17(23)20-13-7-5-6-8-14(13)24-3/h5-8,10H,4,9,11-12H2,1-3H3,(H,20,23). The van der Waals surface area contributed by atoms with E-state index in [1.807, 2.05) is 40.8 Å². The molecule has 1 amide bonds. The minimum absolute atomic E-state index is 0.0896. The number of benzene rings is 1. The average Bonchev–Trinajstić information content (AvgIpc) is 2.87. The van der Waals surface area contributed by atoms with Gasteiger partial charge < -0.3 is 14.6 Å². The van der Waals surface area contributed by atoms with Crippen molar-refractivity contribution in [1.82, 2.24) is 14.5 Å². The summed E-state index contributed by atoms with van der Waals surface area (Å²) in [6.07, 6.45) is 2.57. The Labute approximate surface area is 147 Å². The van der Waals surface area contributed by atoms with E-state index in [1.54, 1.807) is 13.3 Å². The molecule has 0 saturated carbocycles. The van der Waals surface area contributed by atoms with Crippen LogP contribution >= 0.6 is 11.6 Å². The molecule has 0 bridgehead atoms. The number of amides is 1. The number of nitrogens with one attached hydrogen (secondary N) is 1. The summed E-state index contributed by atoms with van der Waals surface area (Å²) < 4.78 is 7.08. The average molecular weight is 351 g/mol. The largest absolute Gasteiger partial charge is 0.495 e. The van der Waals surface area contributed by atoms with Crippen LogP contribution in [0.1, 0.15) is 19.2 Å². The number of carbonyl (C=O) groups is 1. The summed E-state index contributed by atoms with van der Waals surface area (Å²) in [6, 6.07) is 7.36. The molecule has 2 rings (SSSR count). The third-order valence-electron chi connectivity index (χ3n) is 3.68. The molecule has 0 fully saturated rings. The van der Waals surface area contributed by atoms with Crippen LogP contribution in [0.2, 0.25) is 5.15 Å². The minimum Gasteiger partial charge on any atom is -0.495 e. The van der Waals surface area contributed by atoms with E-state index in [4.69, 9.17) is 16.3 Å². The summed E-state index contributed by atoms with van der Waals surface area (Å²) in [5.74, 6) is 1.38. The Morgan fingerprint density at radius 1 is 1.42 bits per heavy atom. The number of aromatic nitrogens is 2. The second kappa shape index (κ2) is 8.70. The third-order valence-corrected chi connectivity index (χ3v) is 4.03. The van der Waals surface area contributed by atoms with Crippen LogP contribution in [0.5, 0.6) is 5.75 Å². The maximum absolute atomic E-state index is 12.4. The van der Waals surface area contributed by atoms with Gasteiger partial charge in [-0.2, -0.15) is 0 Å². The molecule has 1 aromatic carbocycles. The number of hydrogen-bond donors (Lipinski definition) is 1. The maximum atomic E-state index is 12.4. The van der Waals surface area contributed by atoms with E-state index in [2.05, 4.69) is 17.2 Å². The molecule has 0 spiro atoms. The number of methoxy groups -OCH3 is 1. The summed E-state index contributed by atoms with van der Waals surface area (Å²) >= 11 is 6.03. The molecule has 2 aromatic rings. The molecule has 6 nitrogen and oxygen atoms in total. The van der Waals surface area contributed by atoms with Gasteiger partial charge in [-0.1, -0.05) is 30.7 Å². The summed E-state index contributed by atoms with van der Waals surface area (Å²) in [4.78, 5) is 18.7. The van der Waals surface area contributed by atoms with Gasteiger partial charge in [0.05, 0.1) is 32.1 Å². The topological polar surface area (TPSA) is 59.4 Å². The zero-order valence-corrected chi connectivity index (χ0v) is 15.0. The quantitative estimate of drug-likeness (QED) is 0.795. The SMILES string of the molecule is CCCN(CC(=O)Nc1ccccc1OC)Cc1ncc(Cl)n1C. The van der Waals surface area contributed by atoms with Gasteiger partial charge in [0.1, 0.15) is 16.7 Å². The second-order valence-electron chi connectivity index (χ2n) is 5.52. The molecular weight excluding hydrogens is 328 g/mol. The highest BCUT2D eigenvalue weighted by Gasteiger charge is 2.15. The molecule has 1 heterocycles. The van der Waals surface area contributed by atoms with Gasteiger partial charge in [-0.05, 0) is 25.1 Å². The molecule has 1 aromatic heterocycles. The van der Waals surface area contributed by atoms with Crippen LogP contribution in [0.4, 0.5) is 5.69 Å². The summed E-state index contributed by atoms with van der Waals surface area (Å²) in [7, 11) is 3.45. The van der Waals surface area contributed by atoms with E-state index < -0.39 is 0 Å². The van der Waals surface area contributed by atoms with Crippen molar-refractivity contribution < 1.29 is 9.53 Å². The lowest BCUT2D eigenvalue weighted by molar-refractivity contribution is -0.117. The first-order chi connectivity index (χ1) is 11.5. The van der Waals surface area contributed by atoms with Gasteiger partial charge in [0.2, 0.25) is 5.91 Å². The number of rotatable bonds is 8. The molecule has 0 radical (unpaired) electrons. The van der Waals surface area contributed by atoms with Gasteiger partial charge in [-0.25, -0.2) is 4.98 Å². The number of carbonyl (C=O) groups excluding carboxylic acids is 1. The number of ether oxygens (including phenoxy) is 1. The number of hydrogen-bond acceptors (Lipinski definition) is 4. The Kier molecular flexibility index (Phi) is 6.63. The second-order valence-corrected chi connectivity index (χ2v) is 5.90. The first kappa shape index (κ1) is 18.3. The molecule has 0 atom stereocenters. The summed E-state index contributed by atoms with van der Waals surface area (Å²) in [5.41, 5.74) is 0.668. The molecule has 0 unspecified atom stereocenters. The summed E-state index contributed by atoms with van der Waals surface area (Å²) in [5, 5.41) is 3.48. The van der Waals surface area contributed by atoms with Gasteiger partial charge >= 0.3 is 0 Å². The first-order valence-corrected chi connectivity index (χ1v) is 8.24. The van der Waals surface area contributed by atoms with Gasteiger partial charge in [-0.3, -0.25) is 9.69 Å². The first-order valence-electron chi connectivity index (χ1n) is 7.86. The molecule has 130 valence electrons. The number of para-hydroxylation sites is 2. The van der Waals surface area contributed by atoms with Crippen molar-refractivity contribution in [3.8, 4) is 5.75 Å². The Hall–Kier alpha value is -2.05. The van der Waals surface area contributed by atoms with Crippen molar-refractivity contribution in [2.75, 3.05) is 25.5 Å². The van der Waals surface area contributed by atoms with Gasteiger partial charge in [0.15, 0.2) is 0 Å². The molecule has 0 aliphatic rings. The number of anilines is 1. The van der Waals surface area contributed by atoms with E-state index in [0.717, 1.165) is 18.8 Å². The monoisotopic (exact) mass is 350 g/mol.